The summed E-state index contributed by atoms with van der Waals surface area (Å²) in [6, 6.07) is 33.9. The van der Waals surface area contributed by atoms with Crippen LogP contribution in [-0.4, -0.2) is 45.5 Å². The average Bonchev–Trinajstić information content (AvgIpc) is 3.98. The molecule has 0 radical (unpaired) electrons. The van der Waals surface area contributed by atoms with Crippen molar-refractivity contribution in [2.75, 3.05) is 0 Å². The minimum absolute atomic E-state index is 0.112. The predicted octanol–water partition coefficient (Wildman–Crippen LogP) is 9.47. The first-order valence-corrected chi connectivity index (χ1v) is 17.2. The zero-order valence-electron chi connectivity index (χ0n) is 28.2. The van der Waals surface area contributed by atoms with Gasteiger partial charge in [0.2, 0.25) is 0 Å². The number of phenols is 5. The number of phenolic OH excluding ortho intramolecular Hbond substituents is 5. The average molecular weight is 697 g/mol. The van der Waals surface area contributed by atoms with E-state index in [0.29, 0.717) is 40.9 Å². The van der Waals surface area contributed by atoms with Crippen LogP contribution in [0.15, 0.2) is 115 Å². The highest BCUT2D eigenvalue weighted by Gasteiger charge is 2.21. The highest BCUT2D eigenvalue weighted by molar-refractivity contribution is 5.97. The maximum Gasteiger partial charge on any atom is 0.158 e. The highest BCUT2D eigenvalue weighted by atomic mass is 16.3. The number of rotatable bonds is 4. The van der Waals surface area contributed by atoms with Crippen LogP contribution in [0, 0.1) is 0 Å². The second-order valence-electron chi connectivity index (χ2n) is 13.1. The second kappa shape index (κ2) is 12.5. The molecule has 9 nitrogen and oxygen atoms in total. The van der Waals surface area contributed by atoms with E-state index in [9.17, 15) is 25.5 Å². The fraction of sp³-hybridized carbons (Fsp3) is 0.0455. The maximum atomic E-state index is 10.6. The second-order valence-corrected chi connectivity index (χ2v) is 13.1. The molecule has 0 unspecified atom stereocenters. The molecule has 0 spiro atoms. The van der Waals surface area contributed by atoms with E-state index in [1.807, 2.05) is 60.7 Å². The van der Waals surface area contributed by atoms with Crippen molar-refractivity contribution in [3.63, 3.8) is 0 Å². The van der Waals surface area contributed by atoms with Gasteiger partial charge in [0.05, 0.1) is 22.8 Å². The number of fused-ring (bicyclic) bond motifs is 8. The van der Waals surface area contributed by atoms with Gasteiger partial charge in [-0.3, -0.25) is 4.98 Å². The van der Waals surface area contributed by atoms with Gasteiger partial charge in [0.15, 0.2) is 11.5 Å². The molecule has 0 fully saturated rings. The first-order valence-electron chi connectivity index (χ1n) is 17.2. The zero-order chi connectivity index (χ0) is 36.2. The van der Waals surface area contributed by atoms with Gasteiger partial charge in [0.25, 0.3) is 0 Å². The summed E-state index contributed by atoms with van der Waals surface area (Å²) in [4.78, 5) is 17.7. The van der Waals surface area contributed by atoms with E-state index < -0.39 is 0 Å². The van der Waals surface area contributed by atoms with Gasteiger partial charge in [-0.1, -0.05) is 42.5 Å². The Balaban J connectivity index is 1.48. The van der Waals surface area contributed by atoms with Crippen LogP contribution in [0.1, 0.15) is 22.8 Å². The number of H-pyrrole nitrogens is 2. The molecular formula is C44H32N4O5. The van der Waals surface area contributed by atoms with Crippen molar-refractivity contribution >= 4 is 34.2 Å². The largest absolute Gasteiger partial charge is 0.508 e. The third-order valence-electron chi connectivity index (χ3n) is 9.72. The highest BCUT2D eigenvalue weighted by Crippen LogP contribution is 2.40. The molecule has 2 aliphatic heterocycles. The number of hydrogen-bond donors (Lipinski definition) is 7. The molecule has 9 rings (SSSR count). The molecule has 0 saturated carbocycles. The lowest BCUT2D eigenvalue weighted by molar-refractivity contribution is 0.404. The number of aromatic hydroxyl groups is 5. The lowest BCUT2D eigenvalue weighted by Gasteiger charge is -2.08. The molecule has 53 heavy (non-hydrogen) atoms. The normalized spacial score (nSPS) is 12.3. The van der Waals surface area contributed by atoms with Crippen LogP contribution in [0.25, 0.3) is 78.7 Å². The number of nitrogens with zero attached hydrogens (tertiary/aromatic N) is 2. The number of aromatic amines is 2. The molecule has 4 aromatic carbocycles. The van der Waals surface area contributed by atoms with Crippen molar-refractivity contribution in [3.8, 4) is 73.3 Å². The van der Waals surface area contributed by atoms with Crippen molar-refractivity contribution in [3.05, 3.63) is 138 Å². The smallest absolute Gasteiger partial charge is 0.158 e. The standard InChI is InChI=1S/C44H32N4O5/c49-28-7-1-4-24(20-28)41-31-11-13-33(45-31)42(25-5-2-8-29(50)21-25)35-15-17-37(47-35)44(27-10-19-39(52)40(53)23-27)38-18-16-36(48-38)43(34-14-12-32(41)46-34)26-6-3-9-30(51)22-26/h1-11,13,15-23,45,48-53H,12,14H2. The first-order chi connectivity index (χ1) is 25.8. The summed E-state index contributed by atoms with van der Waals surface area (Å²) in [7, 11) is 0. The summed E-state index contributed by atoms with van der Waals surface area (Å²) in [5.41, 5.74) is 11.9. The van der Waals surface area contributed by atoms with E-state index in [0.717, 1.165) is 61.3 Å². The third-order valence-corrected chi connectivity index (χ3v) is 9.72. The Morgan fingerprint density at radius 3 is 1.25 bits per heavy atom. The molecule has 0 atom stereocenters. The van der Waals surface area contributed by atoms with Gasteiger partial charge in [-0.05, 0) is 120 Å². The van der Waals surface area contributed by atoms with Crippen LogP contribution in [-0.2, 0) is 12.8 Å². The van der Waals surface area contributed by atoms with E-state index in [1.165, 1.54) is 12.1 Å². The Bertz CT molecular complexity index is 2810. The van der Waals surface area contributed by atoms with Crippen molar-refractivity contribution in [2.45, 2.75) is 12.8 Å². The van der Waals surface area contributed by atoms with Crippen LogP contribution in [0.3, 0.4) is 0 Å². The van der Waals surface area contributed by atoms with Gasteiger partial charge in [-0.25, -0.2) is 4.98 Å². The topological polar surface area (TPSA) is 159 Å². The third kappa shape index (κ3) is 5.70. The molecule has 2 aliphatic rings. The number of nitrogens with one attached hydrogen (secondary N) is 2. The van der Waals surface area contributed by atoms with Crippen molar-refractivity contribution in [1.82, 2.24) is 19.9 Å². The van der Waals surface area contributed by atoms with Gasteiger partial charge >= 0.3 is 0 Å². The Labute approximate surface area is 303 Å². The van der Waals surface area contributed by atoms with Crippen LogP contribution in [0.5, 0.6) is 28.7 Å². The molecule has 8 bridgehead atoms. The molecule has 5 heterocycles. The molecule has 0 saturated heterocycles. The van der Waals surface area contributed by atoms with Crippen molar-refractivity contribution < 1.29 is 25.5 Å². The van der Waals surface area contributed by atoms with Gasteiger partial charge < -0.3 is 35.5 Å². The molecule has 0 amide bonds. The molecule has 7 aromatic rings. The monoisotopic (exact) mass is 696 g/mol. The summed E-state index contributed by atoms with van der Waals surface area (Å²) in [5.74, 6) is -0.124. The molecule has 258 valence electrons. The van der Waals surface area contributed by atoms with Crippen LogP contribution in [0.2, 0.25) is 0 Å². The molecular weight excluding hydrogens is 665 g/mol. The molecule has 7 N–H and O–H groups in total. The van der Waals surface area contributed by atoms with Crippen LogP contribution >= 0.6 is 0 Å². The SMILES string of the molecule is Oc1cccc(-c2c3nc(c(-c4ccc(O)c(O)c4)c4ccc([nH]4)c(-c4cccc(O)c4)c4nc(c(-c5cccc(O)c5)c5ccc2[nH]5)CC4)C=C3)c1. The molecule has 0 aliphatic carbocycles. The van der Waals surface area contributed by atoms with E-state index >= 15 is 0 Å². The van der Waals surface area contributed by atoms with E-state index in [-0.39, 0.29) is 28.7 Å². The van der Waals surface area contributed by atoms with Crippen LogP contribution < -0.4 is 0 Å². The zero-order valence-corrected chi connectivity index (χ0v) is 28.2. The van der Waals surface area contributed by atoms with Gasteiger partial charge in [-0.15, -0.1) is 0 Å². The summed E-state index contributed by atoms with van der Waals surface area (Å²) < 4.78 is 0. The fourth-order valence-electron chi connectivity index (χ4n) is 7.39. The molecule has 3 aromatic heterocycles. The van der Waals surface area contributed by atoms with Gasteiger partial charge in [0, 0.05) is 44.3 Å². The Kier molecular flexibility index (Phi) is 7.48. The summed E-state index contributed by atoms with van der Waals surface area (Å²) in [6.45, 7) is 0. The first kappa shape index (κ1) is 31.7. The minimum atomic E-state index is -0.263. The van der Waals surface area contributed by atoms with Crippen molar-refractivity contribution in [1.29, 1.82) is 0 Å². The number of aryl methyl sites for hydroxylation is 2. The summed E-state index contributed by atoms with van der Waals surface area (Å²) in [6.07, 6.45) is 5.06. The van der Waals surface area contributed by atoms with Gasteiger partial charge in [-0.2, -0.15) is 0 Å². The van der Waals surface area contributed by atoms with E-state index in [1.54, 1.807) is 54.6 Å². The minimum Gasteiger partial charge on any atom is -0.508 e. The number of hydrogen-bond acceptors (Lipinski definition) is 7. The number of aromatic nitrogens is 4. The van der Waals surface area contributed by atoms with Crippen LogP contribution in [0.4, 0.5) is 0 Å². The lowest BCUT2D eigenvalue weighted by atomic mass is 10.0. The predicted molar refractivity (Wildman–Crippen MR) is 207 cm³/mol. The quantitative estimate of drug-likeness (QED) is 0.0903. The Morgan fingerprint density at radius 1 is 0.396 bits per heavy atom. The maximum absolute atomic E-state index is 10.6. The number of benzene rings is 4. The Hall–Kier alpha value is -7.26. The lowest BCUT2D eigenvalue weighted by Crippen LogP contribution is -1.90. The summed E-state index contributed by atoms with van der Waals surface area (Å²) >= 11 is 0. The molecule has 9 heteroatoms. The fourth-order valence-corrected chi connectivity index (χ4v) is 7.39. The van der Waals surface area contributed by atoms with E-state index in [2.05, 4.69) is 9.97 Å². The summed E-state index contributed by atoms with van der Waals surface area (Å²) in [5, 5.41) is 52.6. The van der Waals surface area contributed by atoms with Gasteiger partial charge in [0.1, 0.15) is 17.2 Å². The van der Waals surface area contributed by atoms with E-state index in [4.69, 9.17) is 9.97 Å². The van der Waals surface area contributed by atoms with Crippen molar-refractivity contribution in [2.24, 2.45) is 0 Å². The Morgan fingerprint density at radius 2 is 0.811 bits per heavy atom.